The minimum Gasteiger partial charge on any atom is -0.465 e. The summed E-state index contributed by atoms with van der Waals surface area (Å²) in [6.07, 6.45) is 1.74. The maximum absolute atomic E-state index is 11.5. The second kappa shape index (κ2) is 6.85. The first-order valence-corrected chi connectivity index (χ1v) is 7.41. The summed E-state index contributed by atoms with van der Waals surface area (Å²) in [6.45, 7) is 0.554. The number of nitrogens with one attached hydrogen (secondary N) is 1. The Morgan fingerprint density at radius 3 is 2.85 bits per heavy atom. The maximum Gasteiger partial charge on any atom is 0.337 e. The number of esters is 1. The molecule has 0 aliphatic carbocycles. The molecule has 20 heavy (non-hydrogen) atoms. The Bertz CT molecular complexity index is 632. The van der Waals surface area contributed by atoms with E-state index in [0.717, 1.165) is 20.3 Å². The van der Waals surface area contributed by atoms with Gasteiger partial charge in [0, 0.05) is 20.8 Å². The zero-order chi connectivity index (χ0) is 14.5. The minimum atomic E-state index is -0.350. The SMILES string of the molecule is COC(=O)c1cccc(NCc2ncc(Br)cc2Br)c1. The quantitative estimate of drug-likeness (QED) is 0.789. The highest BCUT2D eigenvalue weighted by Crippen LogP contribution is 2.21. The van der Waals surface area contributed by atoms with Crippen LogP contribution in [0.5, 0.6) is 0 Å². The molecule has 6 heteroatoms. The largest absolute Gasteiger partial charge is 0.465 e. The van der Waals surface area contributed by atoms with Crippen molar-refractivity contribution in [3.05, 3.63) is 56.7 Å². The van der Waals surface area contributed by atoms with E-state index in [4.69, 9.17) is 4.74 Å². The fourth-order valence-corrected chi connectivity index (χ4v) is 2.76. The molecule has 0 aliphatic heterocycles. The first-order valence-electron chi connectivity index (χ1n) is 5.82. The zero-order valence-electron chi connectivity index (χ0n) is 10.7. The van der Waals surface area contributed by atoms with Gasteiger partial charge in [-0.3, -0.25) is 4.98 Å². The van der Waals surface area contributed by atoms with E-state index in [1.54, 1.807) is 24.4 Å². The highest BCUT2D eigenvalue weighted by Gasteiger charge is 2.06. The number of benzene rings is 1. The number of methoxy groups -OCH3 is 1. The van der Waals surface area contributed by atoms with Gasteiger partial charge in [0.1, 0.15) is 0 Å². The zero-order valence-corrected chi connectivity index (χ0v) is 13.9. The number of hydrogen-bond donors (Lipinski definition) is 1. The molecular weight excluding hydrogens is 388 g/mol. The van der Waals surface area contributed by atoms with E-state index in [0.29, 0.717) is 12.1 Å². The van der Waals surface area contributed by atoms with Gasteiger partial charge in [-0.2, -0.15) is 0 Å². The predicted octanol–water partition coefficient (Wildman–Crippen LogP) is 4.01. The van der Waals surface area contributed by atoms with Gasteiger partial charge in [0.25, 0.3) is 0 Å². The monoisotopic (exact) mass is 398 g/mol. The lowest BCUT2D eigenvalue weighted by Crippen LogP contribution is -2.05. The molecule has 104 valence electrons. The van der Waals surface area contributed by atoms with Gasteiger partial charge in [-0.05, 0) is 56.1 Å². The van der Waals surface area contributed by atoms with Crippen LogP contribution in [0.3, 0.4) is 0 Å². The summed E-state index contributed by atoms with van der Waals surface area (Å²) in [5.41, 5.74) is 2.24. The molecule has 0 amide bonds. The van der Waals surface area contributed by atoms with Crippen LogP contribution in [-0.4, -0.2) is 18.1 Å². The Balaban J connectivity index is 2.09. The van der Waals surface area contributed by atoms with Crippen LogP contribution in [0, 0.1) is 0 Å². The van der Waals surface area contributed by atoms with Crippen molar-refractivity contribution in [3.8, 4) is 0 Å². The summed E-state index contributed by atoms with van der Waals surface area (Å²) in [4.78, 5) is 15.8. The summed E-state index contributed by atoms with van der Waals surface area (Å²) >= 11 is 6.82. The minimum absolute atomic E-state index is 0.350. The molecule has 0 aliphatic rings. The van der Waals surface area contributed by atoms with E-state index in [-0.39, 0.29) is 5.97 Å². The first-order chi connectivity index (χ1) is 9.60. The van der Waals surface area contributed by atoms with Crippen molar-refractivity contribution < 1.29 is 9.53 Å². The van der Waals surface area contributed by atoms with E-state index in [2.05, 4.69) is 42.2 Å². The fraction of sp³-hybridized carbons (Fsp3) is 0.143. The Morgan fingerprint density at radius 2 is 2.15 bits per heavy atom. The molecule has 0 radical (unpaired) electrons. The van der Waals surface area contributed by atoms with Crippen molar-refractivity contribution in [1.82, 2.24) is 4.98 Å². The van der Waals surface area contributed by atoms with Gasteiger partial charge in [-0.1, -0.05) is 6.07 Å². The Hall–Kier alpha value is -1.40. The van der Waals surface area contributed by atoms with Crippen LogP contribution in [0.25, 0.3) is 0 Å². The molecule has 0 fully saturated rings. The van der Waals surface area contributed by atoms with Crippen molar-refractivity contribution in [2.45, 2.75) is 6.54 Å². The molecule has 0 saturated carbocycles. The highest BCUT2D eigenvalue weighted by molar-refractivity contribution is 9.11. The van der Waals surface area contributed by atoms with Gasteiger partial charge in [-0.25, -0.2) is 4.79 Å². The van der Waals surface area contributed by atoms with E-state index in [1.165, 1.54) is 7.11 Å². The van der Waals surface area contributed by atoms with E-state index >= 15 is 0 Å². The molecule has 2 aromatic rings. The third-order valence-electron chi connectivity index (χ3n) is 2.63. The molecule has 1 aromatic heterocycles. The third-order valence-corrected chi connectivity index (χ3v) is 3.75. The van der Waals surface area contributed by atoms with Gasteiger partial charge in [0.2, 0.25) is 0 Å². The van der Waals surface area contributed by atoms with Crippen molar-refractivity contribution in [2.24, 2.45) is 0 Å². The molecule has 1 N–H and O–H groups in total. The van der Waals surface area contributed by atoms with Crippen molar-refractivity contribution in [1.29, 1.82) is 0 Å². The Kier molecular flexibility index (Phi) is 5.14. The van der Waals surface area contributed by atoms with Crippen molar-refractivity contribution in [2.75, 3.05) is 12.4 Å². The molecular formula is C14H12Br2N2O2. The number of nitrogens with zero attached hydrogens (tertiary/aromatic N) is 1. The highest BCUT2D eigenvalue weighted by atomic mass is 79.9. The molecule has 0 spiro atoms. The van der Waals surface area contributed by atoms with E-state index < -0.39 is 0 Å². The smallest absolute Gasteiger partial charge is 0.337 e. The summed E-state index contributed by atoms with van der Waals surface area (Å²) in [5, 5.41) is 3.23. The number of carbonyl (C=O) groups is 1. The second-order valence-electron chi connectivity index (χ2n) is 4.01. The third kappa shape index (κ3) is 3.80. The van der Waals surface area contributed by atoms with Crippen molar-refractivity contribution in [3.63, 3.8) is 0 Å². The van der Waals surface area contributed by atoms with Crippen LogP contribution in [0.15, 0.2) is 45.5 Å². The number of hydrogen-bond acceptors (Lipinski definition) is 4. The predicted molar refractivity (Wildman–Crippen MR) is 84.7 cm³/mol. The normalized spacial score (nSPS) is 10.2. The van der Waals surface area contributed by atoms with E-state index in [1.807, 2.05) is 12.1 Å². The number of carbonyl (C=O) groups excluding carboxylic acids is 1. The maximum atomic E-state index is 11.5. The standard InChI is InChI=1S/C14H12Br2N2O2/c1-20-14(19)9-3-2-4-11(5-9)17-8-13-12(16)6-10(15)7-18-13/h2-7,17H,8H2,1H3. The summed E-state index contributed by atoms with van der Waals surface area (Å²) in [7, 11) is 1.37. The van der Waals surface area contributed by atoms with Crippen LogP contribution in [-0.2, 0) is 11.3 Å². The van der Waals surface area contributed by atoms with Gasteiger partial charge >= 0.3 is 5.97 Å². The van der Waals surface area contributed by atoms with Crippen molar-refractivity contribution >= 4 is 43.5 Å². The lowest BCUT2D eigenvalue weighted by atomic mass is 10.2. The molecule has 0 atom stereocenters. The van der Waals surface area contributed by atoms with Gasteiger partial charge < -0.3 is 10.1 Å². The van der Waals surface area contributed by atoms with Crippen LogP contribution in [0.2, 0.25) is 0 Å². The topological polar surface area (TPSA) is 51.2 Å². The van der Waals surface area contributed by atoms with Gasteiger partial charge in [-0.15, -0.1) is 0 Å². The summed E-state index contributed by atoms with van der Waals surface area (Å²) in [5.74, 6) is -0.350. The Labute approximate surface area is 133 Å². The molecule has 1 aromatic carbocycles. The second-order valence-corrected chi connectivity index (χ2v) is 5.78. The summed E-state index contributed by atoms with van der Waals surface area (Å²) < 4.78 is 6.53. The molecule has 2 rings (SSSR count). The number of rotatable bonds is 4. The number of pyridine rings is 1. The first kappa shape index (κ1) is 15.0. The number of aromatic nitrogens is 1. The van der Waals surface area contributed by atoms with Gasteiger partial charge in [0.05, 0.1) is 24.9 Å². The number of anilines is 1. The molecule has 0 bridgehead atoms. The van der Waals surface area contributed by atoms with Crippen LogP contribution in [0.1, 0.15) is 16.1 Å². The average Bonchev–Trinajstić information content (AvgIpc) is 2.46. The lowest BCUT2D eigenvalue weighted by Gasteiger charge is -2.09. The van der Waals surface area contributed by atoms with Crippen LogP contribution in [0.4, 0.5) is 5.69 Å². The Morgan fingerprint density at radius 1 is 1.35 bits per heavy atom. The average molecular weight is 400 g/mol. The lowest BCUT2D eigenvalue weighted by molar-refractivity contribution is 0.0601. The van der Waals surface area contributed by atoms with Gasteiger partial charge in [0.15, 0.2) is 0 Å². The molecule has 4 nitrogen and oxygen atoms in total. The number of ether oxygens (including phenoxy) is 1. The summed E-state index contributed by atoms with van der Waals surface area (Å²) in [6, 6.07) is 9.09. The molecule has 0 saturated heterocycles. The molecule has 0 unspecified atom stereocenters. The molecule has 1 heterocycles. The fourth-order valence-electron chi connectivity index (χ4n) is 1.63. The van der Waals surface area contributed by atoms with Crippen LogP contribution < -0.4 is 5.32 Å². The van der Waals surface area contributed by atoms with Crippen LogP contribution >= 0.6 is 31.9 Å². The number of halogens is 2. The van der Waals surface area contributed by atoms with E-state index in [9.17, 15) is 4.79 Å².